The van der Waals surface area contributed by atoms with Crippen LogP contribution in [-0.2, 0) is 19.1 Å². The molecule has 0 saturated carbocycles. The summed E-state index contributed by atoms with van der Waals surface area (Å²) < 4.78 is 4.93. The van der Waals surface area contributed by atoms with Crippen LogP contribution in [0.25, 0.3) is 0 Å². The van der Waals surface area contributed by atoms with E-state index in [4.69, 9.17) is 10.5 Å². The normalized spacial score (nSPS) is 22.9. The number of carboxylic acid groups (broad SMARTS) is 1. The molecule has 1 unspecified atom stereocenters. The first kappa shape index (κ1) is 13.5. The molecule has 2 heterocycles. The van der Waals surface area contributed by atoms with Crippen molar-refractivity contribution in [1.82, 2.24) is 10.0 Å². The minimum atomic E-state index is -1.34. The lowest BCUT2D eigenvalue weighted by atomic mass is 10.2. The maximum atomic E-state index is 11.8. The van der Waals surface area contributed by atoms with Crippen LogP contribution in [0.5, 0.6) is 0 Å². The van der Waals surface area contributed by atoms with Crippen molar-refractivity contribution in [2.24, 2.45) is 5.73 Å². The molecule has 8 nitrogen and oxygen atoms in total. The summed E-state index contributed by atoms with van der Waals surface area (Å²) in [4.78, 5) is 34.9. The molecule has 2 aliphatic heterocycles. The minimum absolute atomic E-state index is 0.0128. The van der Waals surface area contributed by atoms with E-state index in [2.05, 4.69) is 0 Å². The number of esters is 1. The molecule has 19 heavy (non-hydrogen) atoms. The molecular formula is C11H15N3O5. The summed E-state index contributed by atoms with van der Waals surface area (Å²) in [6, 6.07) is -0.762. The van der Waals surface area contributed by atoms with E-state index in [9.17, 15) is 19.5 Å². The maximum absolute atomic E-state index is 11.8. The van der Waals surface area contributed by atoms with E-state index in [0.29, 0.717) is 6.42 Å². The summed E-state index contributed by atoms with van der Waals surface area (Å²) in [5, 5.41) is 11.6. The monoisotopic (exact) mass is 269 g/mol. The number of carbonyl (C=O) groups is 3. The Morgan fingerprint density at radius 3 is 2.79 bits per heavy atom. The third-order valence-electron chi connectivity index (χ3n) is 2.94. The molecule has 2 rings (SSSR count). The highest BCUT2D eigenvalue weighted by atomic mass is 16.5. The molecule has 1 atom stereocenters. The molecule has 3 N–H and O–H groups in total. The van der Waals surface area contributed by atoms with Gasteiger partial charge in [0.25, 0.3) is 5.91 Å². The number of aliphatic carboxylic acids is 1. The Morgan fingerprint density at radius 1 is 1.53 bits per heavy atom. The second-order valence-electron chi connectivity index (χ2n) is 4.37. The van der Waals surface area contributed by atoms with Crippen LogP contribution in [0, 0.1) is 0 Å². The summed E-state index contributed by atoms with van der Waals surface area (Å²) in [5.41, 5.74) is 5.21. The van der Waals surface area contributed by atoms with Crippen molar-refractivity contribution in [2.45, 2.75) is 19.4 Å². The van der Waals surface area contributed by atoms with Crippen LogP contribution in [0.1, 0.15) is 13.3 Å². The van der Waals surface area contributed by atoms with Gasteiger partial charge in [-0.1, -0.05) is 6.92 Å². The van der Waals surface area contributed by atoms with Crippen LogP contribution in [0.2, 0.25) is 0 Å². The highest BCUT2D eigenvalue weighted by Crippen LogP contribution is 2.29. The average molecular weight is 269 g/mol. The molecule has 0 aromatic carbocycles. The lowest BCUT2D eigenvalue weighted by Crippen LogP contribution is -2.37. The predicted molar refractivity (Wildman–Crippen MR) is 62.3 cm³/mol. The average Bonchev–Trinajstić information content (AvgIpc) is 2.85. The summed E-state index contributed by atoms with van der Waals surface area (Å²) in [6.07, 6.45) is 0.638. The van der Waals surface area contributed by atoms with Crippen LogP contribution in [0.4, 0.5) is 0 Å². The van der Waals surface area contributed by atoms with Crippen molar-refractivity contribution in [3.8, 4) is 0 Å². The number of carbonyl (C=O) groups excluding carboxylic acids is 2. The first-order chi connectivity index (χ1) is 8.97. The third-order valence-corrected chi connectivity index (χ3v) is 2.94. The Morgan fingerprint density at radius 2 is 2.21 bits per heavy atom. The van der Waals surface area contributed by atoms with E-state index in [1.54, 1.807) is 0 Å². The Balaban J connectivity index is 2.30. The maximum Gasteiger partial charge on any atom is 0.354 e. The molecule has 0 bridgehead atoms. The van der Waals surface area contributed by atoms with Gasteiger partial charge >= 0.3 is 11.9 Å². The number of hydrogen-bond donors (Lipinski definition) is 2. The van der Waals surface area contributed by atoms with Gasteiger partial charge in [-0.15, -0.1) is 0 Å². The molecular weight excluding hydrogens is 254 g/mol. The van der Waals surface area contributed by atoms with Crippen molar-refractivity contribution in [3.63, 3.8) is 0 Å². The number of hydrazine groups is 1. The van der Waals surface area contributed by atoms with Crippen LogP contribution in [0.15, 0.2) is 11.3 Å². The molecule has 0 spiro atoms. The van der Waals surface area contributed by atoms with Crippen LogP contribution >= 0.6 is 0 Å². The SMILES string of the molecule is CCCOC(=O)C1=C(C(=O)O)N2C(=O)C(N)CN2C1. The Labute approximate surface area is 109 Å². The number of carboxylic acids is 1. The number of nitrogens with zero attached hydrogens (tertiary/aromatic N) is 2. The molecule has 0 radical (unpaired) electrons. The first-order valence-corrected chi connectivity index (χ1v) is 5.95. The van der Waals surface area contributed by atoms with Gasteiger partial charge in [0, 0.05) is 6.54 Å². The van der Waals surface area contributed by atoms with E-state index >= 15 is 0 Å². The van der Waals surface area contributed by atoms with Gasteiger partial charge in [-0.3, -0.25) is 4.79 Å². The van der Waals surface area contributed by atoms with Crippen molar-refractivity contribution in [2.75, 3.05) is 19.7 Å². The fourth-order valence-corrected chi connectivity index (χ4v) is 2.12. The van der Waals surface area contributed by atoms with E-state index < -0.39 is 23.9 Å². The number of hydrogen-bond acceptors (Lipinski definition) is 6. The molecule has 1 saturated heterocycles. The van der Waals surface area contributed by atoms with Gasteiger partial charge in [-0.25, -0.2) is 19.6 Å². The number of amides is 1. The second-order valence-corrected chi connectivity index (χ2v) is 4.37. The standard InChI is InChI=1S/C11H15N3O5/c1-2-3-19-11(18)6-4-13-5-7(12)9(15)14(13)8(6)10(16)17/h7H,2-5,12H2,1H3,(H,16,17). The number of nitrogens with two attached hydrogens (primary N) is 1. The smallest absolute Gasteiger partial charge is 0.354 e. The number of ether oxygens (including phenoxy) is 1. The quantitative estimate of drug-likeness (QED) is 0.608. The Bertz CT molecular complexity index is 473. The molecule has 0 aliphatic carbocycles. The second kappa shape index (κ2) is 4.98. The molecule has 1 fully saturated rings. The predicted octanol–water partition coefficient (Wildman–Crippen LogP) is -1.32. The lowest BCUT2D eigenvalue weighted by molar-refractivity contribution is -0.143. The highest BCUT2D eigenvalue weighted by molar-refractivity contribution is 6.04. The highest BCUT2D eigenvalue weighted by Gasteiger charge is 2.48. The first-order valence-electron chi connectivity index (χ1n) is 5.95. The van der Waals surface area contributed by atoms with Gasteiger partial charge in [0.2, 0.25) is 0 Å². The van der Waals surface area contributed by atoms with Gasteiger partial charge in [0.05, 0.1) is 18.7 Å². The lowest BCUT2D eigenvalue weighted by Gasteiger charge is -2.18. The van der Waals surface area contributed by atoms with Crippen LogP contribution in [0.3, 0.4) is 0 Å². The summed E-state index contributed by atoms with van der Waals surface area (Å²) in [5.74, 6) is -2.56. The number of fused-ring (bicyclic) bond motifs is 1. The van der Waals surface area contributed by atoms with Gasteiger partial charge in [0.1, 0.15) is 6.04 Å². The topological polar surface area (TPSA) is 113 Å². The fourth-order valence-electron chi connectivity index (χ4n) is 2.12. The molecule has 0 aromatic rings. The zero-order valence-corrected chi connectivity index (χ0v) is 10.5. The zero-order valence-electron chi connectivity index (χ0n) is 10.5. The van der Waals surface area contributed by atoms with Crippen LogP contribution in [-0.4, -0.2) is 58.7 Å². The van der Waals surface area contributed by atoms with Crippen molar-refractivity contribution in [1.29, 1.82) is 0 Å². The van der Waals surface area contributed by atoms with Gasteiger partial charge in [-0.2, -0.15) is 0 Å². The van der Waals surface area contributed by atoms with E-state index in [0.717, 1.165) is 5.01 Å². The molecule has 2 aliphatic rings. The van der Waals surface area contributed by atoms with Crippen molar-refractivity contribution < 1.29 is 24.2 Å². The Hall–Kier alpha value is -1.93. The molecule has 0 aromatic heterocycles. The molecule has 104 valence electrons. The van der Waals surface area contributed by atoms with Gasteiger partial charge in [0.15, 0.2) is 5.70 Å². The molecule has 8 heteroatoms. The van der Waals surface area contributed by atoms with Crippen molar-refractivity contribution >= 4 is 17.8 Å². The van der Waals surface area contributed by atoms with Crippen molar-refractivity contribution in [3.05, 3.63) is 11.3 Å². The summed E-state index contributed by atoms with van der Waals surface area (Å²) in [6.45, 7) is 2.27. The van der Waals surface area contributed by atoms with Gasteiger partial charge < -0.3 is 15.6 Å². The summed E-state index contributed by atoms with van der Waals surface area (Å²) in [7, 11) is 0. The van der Waals surface area contributed by atoms with Crippen LogP contribution < -0.4 is 5.73 Å². The minimum Gasteiger partial charge on any atom is -0.477 e. The number of rotatable bonds is 4. The van der Waals surface area contributed by atoms with E-state index in [1.807, 2.05) is 6.92 Å². The molecule has 1 amide bonds. The third kappa shape index (κ3) is 2.20. The van der Waals surface area contributed by atoms with E-state index in [1.165, 1.54) is 5.01 Å². The van der Waals surface area contributed by atoms with Gasteiger partial charge in [-0.05, 0) is 6.42 Å². The summed E-state index contributed by atoms with van der Waals surface area (Å²) >= 11 is 0. The Kier molecular flexibility index (Phi) is 3.54. The van der Waals surface area contributed by atoms with E-state index in [-0.39, 0.29) is 31.0 Å². The zero-order chi connectivity index (χ0) is 14.2. The fraction of sp³-hybridized carbons (Fsp3) is 0.545. The largest absolute Gasteiger partial charge is 0.477 e.